The van der Waals surface area contributed by atoms with Gasteiger partial charge in [0.15, 0.2) is 0 Å². The Morgan fingerprint density at radius 1 is 1.33 bits per heavy atom. The molecule has 102 valence electrons. The van der Waals surface area contributed by atoms with Crippen LogP contribution in [0, 0.1) is 6.92 Å². The van der Waals surface area contributed by atoms with Crippen LogP contribution in [0.25, 0.3) is 0 Å². The van der Waals surface area contributed by atoms with Crippen molar-refractivity contribution in [1.29, 1.82) is 0 Å². The van der Waals surface area contributed by atoms with Gasteiger partial charge in [0.25, 0.3) is 0 Å². The molecular formula is C15H24ClNO. The Labute approximate surface area is 116 Å². The predicted molar refractivity (Wildman–Crippen MR) is 78.7 cm³/mol. The average molecular weight is 270 g/mol. The molecule has 0 fully saturated rings. The number of ether oxygens (including phenoxy) is 1. The molecule has 0 aliphatic carbocycles. The van der Waals surface area contributed by atoms with Crippen LogP contribution in [-0.2, 0) is 0 Å². The van der Waals surface area contributed by atoms with E-state index in [0.717, 1.165) is 22.9 Å². The molecule has 1 aromatic rings. The Kier molecular flexibility index (Phi) is 6.51. The van der Waals surface area contributed by atoms with Crippen molar-refractivity contribution in [2.75, 3.05) is 6.54 Å². The van der Waals surface area contributed by atoms with Crippen molar-refractivity contribution in [1.82, 2.24) is 5.32 Å². The van der Waals surface area contributed by atoms with Crippen LogP contribution in [0.1, 0.15) is 39.2 Å². The maximum Gasteiger partial charge on any atom is 0.120 e. The molecule has 1 N–H and O–H groups in total. The Morgan fingerprint density at radius 3 is 2.67 bits per heavy atom. The molecule has 2 atom stereocenters. The average Bonchev–Trinajstić information content (AvgIpc) is 2.32. The normalized spacial score (nSPS) is 14.3. The predicted octanol–water partition coefficient (Wildman–Crippen LogP) is 4.19. The number of hydrogen-bond donors (Lipinski definition) is 1. The van der Waals surface area contributed by atoms with Crippen molar-refractivity contribution in [3.63, 3.8) is 0 Å². The summed E-state index contributed by atoms with van der Waals surface area (Å²) in [4.78, 5) is 0. The molecule has 0 spiro atoms. The van der Waals surface area contributed by atoms with E-state index in [-0.39, 0.29) is 6.10 Å². The van der Waals surface area contributed by atoms with Gasteiger partial charge in [-0.15, -0.1) is 0 Å². The number of halogens is 1. The number of nitrogens with one attached hydrogen (secondary N) is 1. The fourth-order valence-electron chi connectivity index (χ4n) is 1.87. The maximum absolute atomic E-state index is 5.99. The third kappa shape index (κ3) is 5.28. The molecule has 18 heavy (non-hydrogen) atoms. The van der Waals surface area contributed by atoms with Gasteiger partial charge in [-0.1, -0.05) is 24.9 Å². The third-order valence-electron chi connectivity index (χ3n) is 2.94. The van der Waals surface area contributed by atoms with Gasteiger partial charge in [-0.25, -0.2) is 0 Å². The van der Waals surface area contributed by atoms with Gasteiger partial charge >= 0.3 is 0 Å². The zero-order chi connectivity index (χ0) is 13.5. The minimum Gasteiger partial charge on any atom is -0.489 e. The van der Waals surface area contributed by atoms with Gasteiger partial charge in [0.05, 0.1) is 0 Å². The van der Waals surface area contributed by atoms with E-state index in [2.05, 4.69) is 26.1 Å². The van der Waals surface area contributed by atoms with Gasteiger partial charge in [-0.2, -0.15) is 0 Å². The van der Waals surface area contributed by atoms with E-state index in [4.69, 9.17) is 16.3 Å². The van der Waals surface area contributed by atoms with Crippen molar-refractivity contribution in [3.8, 4) is 5.75 Å². The van der Waals surface area contributed by atoms with Gasteiger partial charge < -0.3 is 10.1 Å². The van der Waals surface area contributed by atoms with E-state index < -0.39 is 0 Å². The Morgan fingerprint density at radius 2 is 2.06 bits per heavy atom. The first-order valence-corrected chi connectivity index (χ1v) is 7.07. The second-order valence-corrected chi connectivity index (χ2v) is 5.34. The van der Waals surface area contributed by atoms with Crippen LogP contribution >= 0.6 is 11.6 Å². The largest absolute Gasteiger partial charge is 0.489 e. The SMILES string of the molecule is CCCC(C)NCC(C)Oc1ccc(Cl)c(C)c1. The molecule has 1 rings (SSSR count). The van der Waals surface area contributed by atoms with Crippen molar-refractivity contribution < 1.29 is 4.74 Å². The van der Waals surface area contributed by atoms with E-state index >= 15 is 0 Å². The Bertz CT molecular complexity index is 368. The molecular weight excluding hydrogens is 246 g/mol. The molecule has 0 saturated carbocycles. The van der Waals surface area contributed by atoms with Crippen molar-refractivity contribution >= 4 is 11.6 Å². The standard InChI is InChI=1S/C15H24ClNO/c1-5-6-12(3)17-10-13(4)18-14-7-8-15(16)11(2)9-14/h7-9,12-13,17H,5-6,10H2,1-4H3. The number of hydrogen-bond acceptors (Lipinski definition) is 2. The first-order valence-electron chi connectivity index (χ1n) is 6.69. The molecule has 2 unspecified atom stereocenters. The monoisotopic (exact) mass is 269 g/mol. The van der Waals surface area contributed by atoms with E-state index in [0.29, 0.717) is 6.04 Å². The van der Waals surface area contributed by atoms with Gasteiger partial charge in [0.1, 0.15) is 11.9 Å². The Hall–Kier alpha value is -0.730. The fourth-order valence-corrected chi connectivity index (χ4v) is 1.98. The topological polar surface area (TPSA) is 21.3 Å². The maximum atomic E-state index is 5.99. The lowest BCUT2D eigenvalue weighted by molar-refractivity contribution is 0.211. The molecule has 0 amide bonds. The molecule has 0 aliphatic heterocycles. The van der Waals surface area contributed by atoms with Gasteiger partial charge in [0, 0.05) is 17.6 Å². The molecule has 0 saturated heterocycles. The highest BCUT2D eigenvalue weighted by Gasteiger charge is 2.07. The second-order valence-electron chi connectivity index (χ2n) is 4.94. The smallest absolute Gasteiger partial charge is 0.120 e. The summed E-state index contributed by atoms with van der Waals surface area (Å²) in [5, 5.41) is 4.26. The molecule has 2 nitrogen and oxygen atoms in total. The molecule has 0 aliphatic rings. The van der Waals surface area contributed by atoms with Crippen molar-refractivity contribution in [2.24, 2.45) is 0 Å². The van der Waals surface area contributed by atoms with Gasteiger partial charge in [-0.3, -0.25) is 0 Å². The summed E-state index contributed by atoms with van der Waals surface area (Å²) in [6, 6.07) is 6.33. The van der Waals surface area contributed by atoms with E-state index in [1.807, 2.05) is 25.1 Å². The van der Waals surface area contributed by atoms with Crippen molar-refractivity contribution in [2.45, 2.75) is 52.7 Å². The third-order valence-corrected chi connectivity index (χ3v) is 3.37. The summed E-state index contributed by atoms with van der Waals surface area (Å²) < 4.78 is 5.86. The molecule has 0 bridgehead atoms. The summed E-state index contributed by atoms with van der Waals surface area (Å²) in [5.41, 5.74) is 1.05. The van der Waals surface area contributed by atoms with Crippen LogP contribution in [0.15, 0.2) is 18.2 Å². The Balaban J connectivity index is 2.39. The van der Waals surface area contributed by atoms with E-state index in [1.165, 1.54) is 12.8 Å². The highest BCUT2D eigenvalue weighted by molar-refractivity contribution is 6.31. The lowest BCUT2D eigenvalue weighted by atomic mass is 10.2. The first-order chi connectivity index (χ1) is 8.52. The lowest BCUT2D eigenvalue weighted by Gasteiger charge is -2.19. The fraction of sp³-hybridized carbons (Fsp3) is 0.600. The molecule has 0 radical (unpaired) electrons. The zero-order valence-corrected chi connectivity index (χ0v) is 12.6. The summed E-state index contributed by atoms with van der Waals surface area (Å²) in [6.45, 7) is 9.34. The van der Waals surface area contributed by atoms with Crippen molar-refractivity contribution in [3.05, 3.63) is 28.8 Å². The van der Waals surface area contributed by atoms with Crippen LogP contribution in [-0.4, -0.2) is 18.7 Å². The lowest BCUT2D eigenvalue weighted by Crippen LogP contribution is -2.34. The summed E-state index contributed by atoms with van der Waals surface area (Å²) in [5.74, 6) is 0.884. The minimum absolute atomic E-state index is 0.157. The van der Waals surface area contributed by atoms with E-state index in [1.54, 1.807) is 0 Å². The molecule has 3 heteroatoms. The minimum atomic E-state index is 0.157. The van der Waals surface area contributed by atoms with Crippen LogP contribution in [0.2, 0.25) is 5.02 Å². The zero-order valence-electron chi connectivity index (χ0n) is 11.8. The summed E-state index contributed by atoms with van der Waals surface area (Å²) in [6.07, 6.45) is 2.57. The highest BCUT2D eigenvalue weighted by Crippen LogP contribution is 2.21. The summed E-state index contributed by atoms with van der Waals surface area (Å²) in [7, 11) is 0. The number of benzene rings is 1. The molecule has 1 aromatic carbocycles. The second kappa shape index (κ2) is 7.65. The molecule has 0 heterocycles. The number of aryl methyl sites for hydroxylation is 1. The van der Waals surface area contributed by atoms with Crippen LogP contribution in [0.4, 0.5) is 0 Å². The van der Waals surface area contributed by atoms with E-state index in [9.17, 15) is 0 Å². The first kappa shape index (κ1) is 15.3. The van der Waals surface area contributed by atoms with Crippen LogP contribution in [0.5, 0.6) is 5.75 Å². The van der Waals surface area contributed by atoms with Crippen LogP contribution in [0.3, 0.4) is 0 Å². The molecule has 0 aromatic heterocycles. The van der Waals surface area contributed by atoms with Crippen LogP contribution < -0.4 is 10.1 Å². The summed E-state index contributed by atoms with van der Waals surface area (Å²) >= 11 is 5.99. The van der Waals surface area contributed by atoms with Gasteiger partial charge in [-0.05, 0) is 51.0 Å². The van der Waals surface area contributed by atoms with Gasteiger partial charge in [0.2, 0.25) is 0 Å². The number of rotatable bonds is 7. The quantitative estimate of drug-likeness (QED) is 0.801. The highest BCUT2D eigenvalue weighted by atomic mass is 35.5.